The van der Waals surface area contributed by atoms with Crippen molar-refractivity contribution in [3.63, 3.8) is 0 Å². The molecule has 136 valence electrons. The number of hydrogen-bond donors (Lipinski definition) is 2. The molecular formula is C19H17ClF2N2O2. The first-order valence-electron chi connectivity index (χ1n) is 8.18. The standard InChI is InChI=1S/C19H17ClF2N2O2/c20-14-5-2-6-15(17(14)22)24-19(26)16-13(7-8-23-18(16)25)12-4-1-3-11(9-12)10-21/h1-6,9,13,16H,7-8,10H2,(H,23,25)(H,24,26)/t13-,16-/m1/s1. The second-order valence-corrected chi connectivity index (χ2v) is 6.54. The summed E-state index contributed by atoms with van der Waals surface area (Å²) in [4.78, 5) is 25.1. The molecule has 2 aromatic carbocycles. The number of nitrogens with one attached hydrogen (secondary N) is 2. The maximum atomic E-state index is 14.1. The third kappa shape index (κ3) is 3.70. The van der Waals surface area contributed by atoms with E-state index in [2.05, 4.69) is 10.6 Å². The highest BCUT2D eigenvalue weighted by molar-refractivity contribution is 6.31. The minimum Gasteiger partial charge on any atom is -0.355 e. The van der Waals surface area contributed by atoms with Crippen molar-refractivity contribution in [2.24, 2.45) is 5.92 Å². The van der Waals surface area contributed by atoms with E-state index in [-0.39, 0.29) is 10.7 Å². The number of piperidine rings is 1. The number of halogens is 3. The first-order valence-corrected chi connectivity index (χ1v) is 8.56. The van der Waals surface area contributed by atoms with Gasteiger partial charge in [-0.05, 0) is 29.7 Å². The minimum absolute atomic E-state index is 0.0860. The summed E-state index contributed by atoms with van der Waals surface area (Å²) < 4.78 is 27.0. The van der Waals surface area contributed by atoms with E-state index in [0.29, 0.717) is 24.1 Å². The van der Waals surface area contributed by atoms with Crippen LogP contribution in [0.1, 0.15) is 23.5 Å². The molecule has 26 heavy (non-hydrogen) atoms. The fraction of sp³-hybridized carbons (Fsp3) is 0.263. The summed E-state index contributed by atoms with van der Waals surface area (Å²) in [5, 5.41) is 4.98. The Morgan fingerprint density at radius 1 is 1.27 bits per heavy atom. The topological polar surface area (TPSA) is 58.2 Å². The number of alkyl halides is 1. The summed E-state index contributed by atoms with van der Waals surface area (Å²) >= 11 is 5.73. The summed E-state index contributed by atoms with van der Waals surface area (Å²) in [6, 6.07) is 11.0. The van der Waals surface area contributed by atoms with E-state index in [1.807, 2.05) is 0 Å². The lowest BCUT2D eigenvalue weighted by Gasteiger charge is -2.30. The van der Waals surface area contributed by atoms with E-state index < -0.39 is 36.1 Å². The summed E-state index contributed by atoms with van der Waals surface area (Å²) in [6.45, 7) is -0.212. The Balaban J connectivity index is 1.89. The Morgan fingerprint density at radius 3 is 2.81 bits per heavy atom. The van der Waals surface area contributed by atoms with Crippen LogP contribution < -0.4 is 10.6 Å². The molecule has 0 aromatic heterocycles. The van der Waals surface area contributed by atoms with Crippen molar-refractivity contribution in [1.82, 2.24) is 5.32 Å². The molecule has 1 aliphatic heterocycles. The van der Waals surface area contributed by atoms with Gasteiger partial charge in [-0.15, -0.1) is 0 Å². The molecule has 4 nitrogen and oxygen atoms in total. The highest BCUT2D eigenvalue weighted by atomic mass is 35.5. The highest BCUT2D eigenvalue weighted by Crippen LogP contribution is 2.33. The van der Waals surface area contributed by atoms with Crippen molar-refractivity contribution < 1.29 is 18.4 Å². The second kappa shape index (κ2) is 7.83. The average Bonchev–Trinajstić information content (AvgIpc) is 2.65. The summed E-state index contributed by atoms with van der Waals surface area (Å²) in [5.41, 5.74) is 1.10. The van der Waals surface area contributed by atoms with Gasteiger partial charge in [0.1, 0.15) is 12.6 Å². The molecule has 2 aromatic rings. The van der Waals surface area contributed by atoms with Crippen LogP contribution in [0.2, 0.25) is 5.02 Å². The zero-order valence-electron chi connectivity index (χ0n) is 13.8. The van der Waals surface area contributed by atoms with Crippen LogP contribution in [0, 0.1) is 11.7 Å². The zero-order valence-corrected chi connectivity index (χ0v) is 14.5. The predicted octanol–water partition coefficient (Wildman–Crippen LogP) is 3.81. The Bertz CT molecular complexity index is 844. The van der Waals surface area contributed by atoms with Gasteiger partial charge in [0.25, 0.3) is 0 Å². The quantitative estimate of drug-likeness (QED) is 0.795. The Labute approximate surface area is 154 Å². The van der Waals surface area contributed by atoms with E-state index >= 15 is 0 Å². The van der Waals surface area contributed by atoms with Crippen LogP contribution in [-0.2, 0) is 16.3 Å². The van der Waals surface area contributed by atoms with Crippen LogP contribution in [0.15, 0.2) is 42.5 Å². The first kappa shape index (κ1) is 18.3. The number of hydrogen-bond acceptors (Lipinski definition) is 2. The van der Waals surface area contributed by atoms with Gasteiger partial charge in [-0.1, -0.05) is 41.9 Å². The second-order valence-electron chi connectivity index (χ2n) is 6.13. The fourth-order valence-corrected chi connectivity index (χ4v) is 3.36. The molecule has 1 heterocycles. The fourth-order valence-electron chi connectivity index (χ4n) is 3.19. The highest BCUT2D eigenvalue weighted by Gasteiger charge is 2.38. The van der Waals surface area contributed by atoms with E-state index in [4.69, 9.17) is 11.6 Å². The molecule has 0 radical (unpaired) electrons. The van der Waals surface area contributed by atoms with Crippen LogP contribution in [0.5, 0.6) is 0 Å². The van der Waals surface area contributed by atoms with Gasteiger partial charge >= 0.3 is 0 Å². The van der Waals surface area contributed by atoms with Crippen molar-refractivity contribution in [3.8, 4) is 0 Å². The van der Waals surface area contributed by atoms with E-state index in [0.717, 1.165) is 0 Å². The molecule has 3 rings (SSSR count). The molecule has 1 saturated heterocycles. The summed E-state index contributed by atoms with van der Waals surface area (Å²) in [6.07, 6.45) is 0.525. The van der Waals surface area contributed by atoms with Crippen molar-refractivity contribution in [2.75, 3.05) is 11.9 Å². The number of carbonyl (C=O) groups is 2. The lowest BCUT2D eigenvalue weighted by atomic mass is 9.79. The van der Waals surface area contributed by atoms with Gasteiger partial charge in [-0.3, -0.25) is 9.59 Å². The third-order valence-corrected chi connectivity index (χ3v) is 4.76. The molecular weight excluding hydrogens is 362 g/mol. The Kier molecular flexibility index (Phi) is 5.52. The molecule has 0 saturated carbocycles. The molecule has 1 fully saturated rings. The maximum Gasteiger partial charge on any atom is 0.237 e. The molecule has 0 bridgehead atoms. The van der Waals surface area contributed by atoms with Crippen molar-refractivity contribution in [3.05, 3.63) is 64.4 Å². The SMILES string of the molecule is O=C1NCC[C@H](c2cccc(CF)c2)[C@H]1C(=O)Nc1cccc(Cl)c1F. The molecule has 2 N–H and O–H groups in total. The predicted molar refractivity (Wildman–Crippen MR) is 95.2 cm³/mol. The van der Waals surface area contributed by atoms with E-state index in [1.54, 1.807) is 24.3 Å². The largest absolute Gasteiger partial charge is 0.355 e. The number of carbonyl (C=O) groups excluding carboxylic acids is 2. The lowest BCUT2D eigenvalue weighted by molar-refractivity contribution is -0.135. The monoisotopic (exact) mass is 378 g/mol. The third-order valence-electron chi connectivity index (χ3n) is 4.46. The Morgan fingerprint density at radius 2 is 2.04 bits per heavy atom. The molecule has 0 aliphatic carbocycles. The van der Waals surface area contributed by atoms with Crippen molar-refractivity contribution in [2.45, 2.75) is 19.0 Å². The van der Waals surface area contributed by atoms with E-state index in [9.17, 15) is 18.4 Å². The van der Waals surface area contributed by atoms with Gasteiger partial charge in [0, 0.05) is 12.5 Å². The van der Waals surface area contributed by atoms with Gasteiger partial charge < -0.3 is 10.6 Å². The van der Waals surface area contributed by atoms with Crippen LogP contribution in [0.25, 0.3) is 0 Å². The molecule has 1 aliphatic rings. The van der Waals surface area contributed by atoms with Gasteiger partial charge in [-0.2, -0.15) is 0 Å². The van der Waals surface area contributed by atoms with Gasteiger partial charge in [0.15, 0.2) is 5.82 Å². The normalized spacial score (nSPS) is 19.7. The lowest BCUT2D eigenvalue weighted by Crippen LogP contribution is -2.46. The van der Waals surface area contributed by atoms with Gasteiger partial charge in [0.05, 0.1) is 10.7 Å². The smallest absolute Gasteiger partial charge is 0.237 e. The van der Waals surface area contributed by atoms with E-state index in [1.165, 1.54) is 18.2 Å². The summed E-state index contributed by atoms with van der Waals surface area (Å²) in [5.74, 6) is -3.28. The van der Waals surface area contributed by atoms with Crippen LogP contribution >= 0.6 is 11.6 Å². The molecule has 2 amide bonds. The van der Waals surface area contributed by atoms with Crippen LogP contribution in [0.3, 0.4) is 0 Å². The van der Waals surface area contributed by atoms with Gasteiger partial charge in [0.2, 0.25) is 11.8 Å². The first-order chi connectivity index (χ1) is 12.5. The number of rotatable bonds is 4. The van der Waals surface area contributed by atoms with Crippen LogP contribution in [-0.4, -0.2) is 18.4 Å². The number of benzene rings is 2. The average molecular weight is 379 g/mol. The van der Waals surface area contributed by atoms with Crippen molar-refractivity contribution in [1.29, 1.82) is 0 Å². The molecule has 2 atom stereocenters. The Hall–Kier alpha value is -2.47. The summed E-state index contributed by atoms with van der Waals surface area (Å²) in [7, 11) is 0. The van der Waals surface area contributed by atoms with Crippen LogP contribution in [0.4, 0.5) is 14.5 Å². The minimum atomic E-state index is -1.04. The van der Waals surface area contributed by atoms with Gasteiger partial charge in [-0.25, -0.2) is 8.78 Å². The number of amides is 2. The molecule has 0 spiro atoms. The zero-order chi connectivity index (χ0) is 18.7. The molecule has 7 heteroatoms. The van der Waals surface area contributed by atoms with Crippen molar-refractivity contribution >= 4 is 29.1 Å². The number of anilines is 1. The maximum absolute atomic E-state index is 14.1. The molecule has 0 unspecified atom stereocenters.